The first-order valence-corrected chi connectivity index (χ1v) is 12.7. The van der Waals surface area contributed by atoms with Crippen molar-refractivity contribution in [2.75, 3.05) is 0 Å². The number of nitrogens with one attached hydrogen (secondary N) is 1. The molecule has 1 atom stereocenters. The predicted octanol–water partition coefficient (Wildman–Crippen LogP) is 6.95. The molecule has 0 saturated carbocycles. The first-order chi connectivity index (χ1) is 17.9. The molecule has 0 saturated heterocycles. The van der Waals surface area contributed by atoms with Gasteiger partial charge in [0, 0.05) is 12.0 Å². The maximum atomic E-state index is 13.7. The number of carboxylic acid groups (broad SMARTS) is 1. The van der Waals surface area contributed by atoms with Gasteiger partial charge < -0.3 is 15.2 Å². The molecule has 1 amide bonds. The van der Waals surface area contributed by atoms with Crippen molar-refractivity contribution in [3.05, 3.63) is 113 Å². The lowest BCUT2D eigenvalue weighted by molar-refractivity contribution is -0.136. The van der Waals surface area contributed by atoms with E-state index in [1.807, 2.05) is 66.7 Å². The number of hydrogen-bond donors (Lipinski definition) is 2. The molecule has 0 bridgehead atoms. The zero-order valence-electron chi connectivity index (χ0n) is 21.3. The van der Waals surface area contributed by atoms with Gasteiger partial charge >= 0.3 is 5.97 Å². The van der Waals surface area contributed by atoms with Crippen LogP contribution in [0, 0.1) is 5.92 Å². The number of fused-ring (bicyclic) bond motifs is 1. The lowest BCUT2D eigenvalue weighted by Gasteiger charge is -2.24. The van der Waals surface area contributed by atoms with E-state index in [2.05, 4.69) is 43.4 Å². The Bertz CT molecular complexity index is 1360. The summed E-state index contributed by atoms with van der Waals surface area (Å²) in [7, 11) is 0. The molecule has 0 spiro atoms. The second-order valence-corrected chi connectivity index (χ2v) is 9.71. The smallest absolute Gasteiger partial charge is 0.303 e. The Morgan fingerprint density at radius 2 is 1.62 bits per heavy atom. The Morgan fingerprint density at radius 1 is 0.892 bits per heavy atom. The molecule has 4 aromatic rings. The normalized spacial score (nSPS) is 11.9. The number of hydrogen-bond acceptors (Lipinski definition) is 3. The summed E-state index contributed by atoms with van der Waals surface area (Å²) in [6.07, 6.45) is 1.01. The van der Waals surface area contributed by atoms with Gasteiger partial charge in [0.05, 0.1) is 6.04 Å². The Hall–Kier alpha value is -4.12. The van der Waals surface area contributed by atoms with Crippen LogP contribution in [0.4, 0.5) is 0 Å². The molecule has 0 aromatic heterocycles. The van der Waals surface area contributed by atoms with Gasteiger partial charge in [-0.15, -0.1) is 0 Å². The SMILES string of the molecule is CC(C)CC(NC(=O)c1cc(COc2ccccc2)ccc1CCC(=O)O)c1cccc2ccccc12. The van der Waals surface area contributed by atoms with Crippen molar-refractivity contribution in [3.63, 3.8) is 0 Å². The molecule has 0 aliphatic carbocycles. The van der Waals surface area contributed by atoms with Crippen LogP contribution in [0.3, 0.4) is 0 Å². The van der Waals surface area contributed by atoms with Crippen LogP contribution < -0.4 is 10.1 Å². The second-order valence-electron chi connectivity index (χ2n) is 9.71. The number of carbonyl (C=O) groups is 2. The highest BCUT2D eigenvalue weighted by atomic mass is 16.5. The molecule has 4 aromatic carbocycles. The van der Waals surface area contributed by atoms with E-state index >= 15 is 0 Å². The fourth-order valence-corrected chi connectivity index (χ4v) is 4.59. The standard InChI is InChI=1S/C32H33NO4/c1-22(2)19-30(28-14-8-10-24-9-6-7-13-27(24)28)33-32(36)29-20-23(15-16-25(29)17-18-31(34)35)21-37-26-11-4-3-5-12-26/h3-16,20,22,30H,17-19,21H2,1-2H3,(H,33,36)(H,34,35). The first-order valence-electron chi connectivity index (χ1n) is 12.7. The molecular weight excluding hydrogens is 462 g/mol. The Balaban J connectivity index is 1.64. The van der Waals surface area contributed by atoms with E-state index in [0.717, 1.165) is 34.1 Å². The number of ether oxygens (including phenoxy) is 1. The van der Waals surface area contributed by atoms with Crippen molar-refractivity contribution in [2.45, 2.75) is 45.8 Å². The molecule has 5 nitrogen and oxygen atoms in total. The van der Waals surface area contributed by atoms with E-state index in [-0.39, 0.29) is 24.8 Å². The zero-order chi connectivity index (χ0) is 26.2. The topological polar surface area (TPSA) is 75.6 Å². The summed E-state index contributed by atoms with van der Waals surface area (Å²) in [5, 5.41) is 14.8. The fraction of sp³-hybridized carbons (Fsp3) is 0.250. The predicted molar refractivity (Wildman–Crippen MR) is 147 cm³/mol. The number of aryl methyl sites for hydroxylation is 1. The van der Waals surface area contributed by atoms with Crippen molar-refractivity contribution in [2.24, 2.45) is 5.92 Å². The maximum Gasteiger partial charge on any atom is 0.303 e. The largest absolute Gasteiger partial charge is 0.489 e. The lowest BCUT2D eigenvalue weighted by atomic mass is 9.92. The number of para-hydroxylation sites is 1. The lowest BCUT2D eigenvalue weighted by Crippen LogP contribution is -2.30. The molecule has 37 heavy (non-hydrogen) atoms. The summed E-state index contributed by atoms with van der Waals surface area (Å²) in [5.74, 6) is 0.00887. The van der Waals surface area contributed by atoms with Crippen LogP contribution in [-0.4, -0.2) is 17.0 Å². The quantitative estimate of drug-likeness (QED) is 0.236. The summed E-state index contributed by atoms with van der Waals surface area (Å²) in [5.41, 5.74) is 3.13. The summed E-state index contributed by atoms with van der Waals surface area (Å²) < 4.78 is 5.89. The van der Waals surface area contributed by atoms with Crippen LogP contribution in [0.15, 0.2) is 91.0 Å². The molecule has 2 N–H and O–H groups in total. The van der Waals surface area contributed by atoms with Crippen LogP contribution in [-0.2, 0) is 17.8 Å². The molecule has 5 heteroatoms. The van der Waals surface area contributed by atoms with Crippen LogP contribution in [0.5, 0.6) is 5.75 Å². The number of amides is 1. The number of benzene rings is 4. The van der Waals surface area contributed by atoms with Gasteiger partial charge in [-0.1, -0.05) is 86.6 Å². The van der Waals surface area contributed by atoms with E-state index in [1.54, 1.807) is 0 Å². The third-order valence-electron chi connectivity index (χ3n) is 6.39. The molecular formula is C32H33NO4. The van der Waals surface area contributed by atoms with Crippen molar-refractivity contribution in [1.29, 1.82) is 0 Å². The van der Waals surface area contributed by atoms with Crippen LogP contribution in [0.1, 0.15) is 59.8 Å². The average Bonchev–Trinajstić information content (AvgIpc) is 2.90. The van der Waals surface area contributed by atoms with Gasteiger partial charge in [0.1, 0.15) is 12.4 Å². The third-order valence-corrected chi connectivity index (χ3v) is 6.39. The minimum Gasteiger partial charge on any atom is -0.489 e. The number of rotatable bonds is 11. The number of aliphatic carboxylic acids is 1. The van der Waals surface area contributed by atoms with Gasteiger partial charge in [-0.3, -0.25) is 9.59 Å². The second kappa shape index (κ2) is 12.2. The van der Waals surface area contributed by atoms with E-state index in [4.69, 9.17) is 4.74 Å². The van der Waals surface area contributed by atoms with Crippen LogP contribution in [0.25, 0.3) is 10.8 Å². The molecule has 0 fully saturated rings. The average molecular weight is 496 g/mol. The summed E-state index contributed by atoms with van der Waals surface area (Å²) in [6.45, 7) is 4.59. The minimum atomic E-state index is -0.892. The minimum absolute atomic E-state index is 0.0428. The number of carboxylic acids is 1. The molecule has 0 radical (unpaired) electrons. The van der Waals surface area contributed by atoms with E-state index < -0.39 is 5.97 Å². The van der Waals surface area contributed by atoms with Gasteiger partial charge in [0.2, 0.25) is 0 Å². The van der Waals surface area contributed by atoms with Crippen molar-refractivity contribution >= 4 is 22.6 Å². The summed E-state index contributed by atoms with van der Waals surface area (Å²) in [4.78, 5) is 25.0. The monoisotopic (exact) mass is 495 g/mol. The van der Waals surface area contributed by atoms with Crippen LogP contribution >= 0.6 is 0 Å². The molecule has 0 heterocycles. The Morgan fingerprint density at radius 3 is 2.38 bits per heavy atom. The zero-order valence-corrected chi connectivity index (χ0v) is 21.3. The van der Waals surface area contributed by atoms with Crippen LogP contribution in [0.2, 0.25) is 0 Å². The van der Waals surface area contributed by atoms with Gasteiger partial charge in [-0.05, 0) is 64.4 Å². The van der Waals surface area contributed by atoms with E-state index in [9.17, 15) is 14.7 Å². The van der Waals surface area contributed by atoms with Gasteiger partial charge in [-0.25, -0.2) is 0 Å². The van der Waals surface area contributed by atoms with Crippen molar-refractivity contribution in [1.82, 2.24) is 5.32 Å². The summed E-state index contributed by atoms with van der Waals surface area (Å²) in [6, 6.07) is 29.3. The van der Waals surface area contributed by atoms with E-state index in [0.29, 0.717) is 23.7 Å². The Labute approximate surface area is 218 Å². The van der Waals surface area contributed by atoms with Gasteiger partial charge in [0.25, 0.3) is 5.91 Å². The number of carbonyl (C=O) groups excluding carboxylic acids is 1. The molecule has 0 aliphatic heterocycles. The molecule has 0 aliphatic rings. The first kappa shape index (κ1) is 26.0. The van der Waals surface area contributed by atoms with Gasteiger partial charge in [0.15, 0.2) is 0 Å². The van der Waals surface area contributed by atoms with E-state index in [1.165, 1.54) is 0 Å². The van der Waals surface area contributed by atoms with Gasteiger partial charge in [-0.2, -0.15) is 0 Å². The Kier molecular flexibility index (Phi) is 8.57. The highest BCUT2D eigenvalue weighted by Gasteiger charge is 2.21. The molecule has 4 rings (SSSR count). The highest BCUT2D eigenvalue weighted by Crippen LogP contribution is 2.29. The highest BCUT2D eigenvalue weighted by molar-refractivity contribution is 5.97. The molecule has 1 unspecified atom stereocenters. The van der Waals surface area contributed by atoms with Crippen molar-refractivity contribution in [3.8, 4) is 5.75 Å². The summed E-state index contributed by atoms with van der Waals surface area (Å²) >= 11 is 0. The molecule has 190 valence electrons. The third kappa shape index (κ3) is 6.98. The van der Waals surface area contributed by atoms with Crippen molar-refractivity contribution < 1.29 is 19.4 Å². The fourth-order valence-electron chi connectivity index (χ4n) is 4.59. The maximum absolute atomic E-state index is 13.7.